The summed E-state index contributed by atoms with van der Waals surface area (Å²) in [4.78, 5) is 29.8. The average Bonchev–Trinajstić information content (AvgIpc) is 3.50. The van der Waals surface area contributed by atoms with Gasteiger partial charge in [0.1, 0.15) is 35.8 Å². The summed E-state index contributed by atoms with van der Waals surface area (Å²) in [5.74, 6) is 1.33. The number of carbonyl (C=O) groups excluding carboxylic acids is 1. The maximum Gasteiger partial charge on any atom is 0.245 e. The predicted octanol–water partition coefficient (Wildman–Crippen LogP) is 5.42. The highest BCUT2D eigenvalue weighted by Crippen LogP contribution is 2.37. The van der Waals surface area contributed by atoms with E-state index in [1.165, 1.54) is 17.9 Å². The van der Waals surface area contributed by atoms with Crippen molar-refractivity contribution < 1.29 is 13.9 Å². The zero-order valence-electron chi connectivity index (χ0n) is 18.6. The number of rotatable bonds is 7. The molecular weight excluding hydrogens is 491 g/mol. The molecule has 0 radical (unpaired) electrons. The van der Waals surface area contributed by atoms with Crippen LogP contribution >= 0.6 is 22.9 Å². The number of likely N-dealkylation sites (tertiary alicyclic amines) is 1. The number of carbonyl (C=O) groups is 1. The minimum absolute atomic E-state index is 0.00170. The van der Waals surface area contributed by atoms with Crippen LogP contribution in [0.2, 0.25) is 5.02 Å². The van der Waals surface area contributed by atoms with Gasteiger partial charge in [-0.1, -0.05) is 29.5 Å². The van der Waals surface area contributed by atoms with Crippen molar-refractivity contribution in [2.75, 3.05) is 18.4 Å². The number of fused-ring (bicyclic) bond motifs is 1. The third-order valence-corrected chi connectivity index (χ3v) is 7.02. The van der Waals surface area contributed by atoms with Gasteiger partial charge >= 0.3 is 0 Å². The summed E-state index contributed by atoms with van der Waals surface area (Å²) in [5, 5.41) is 4.26. The SMILES string of the molecule is C=CC(=O)N1CCC(c2c[nH]c3ncnc(Nc4ccc(OCc5ncsc5F)c(Cl)c4)c23)CC1. The Morgan fingerprint density at radius 3 is 2.89 bits per heavy atom. The first-order chi connectivity index (χ1) is 17.0. The minimum Gasteiger partial charge on any atom is -0.486 e. The number of piperidine rings is 1. The van der Waals surface area contributed by atoms with Gasteiger partial charge in [-0.25, -0.2) is 15.0 Å². The highest BCUT2D eigenvalue weighted by atomic mass is 35.5. The fraction of sp³-hybridized carbons (Fsp3) is 0.250. The van der Waals surface area contributed by atoms with Gasteiger partial charge in [-0.3, -0.25) is 4.79 Å². The second-order valence-electron chi connectivity index (χ2n) is 8.13. The largest absolute Gasteiger partial charge is 0.486 e. The van der Waals surface area contributed by atoms with E-state index in [0.717, 1.165) is 46.5 Å². The third-order valence-electron chi connectivity index (χ3n) is 6.07. The van der Waals surface area contributed by atoms with E-state index in [-0.39, 0.29) is 29.3 Å². The maximum atomic E-state index is 13.6. The summed E-state index contributed by atoms with van der Waals surface area (Å²) in [6, 6.07) is 5.27. The summed E-state index contributed by atoms with van der Waals surface area (Å²) in [6.07, 6.45) is 6.52. The van der Waals surface area contributed by atoms with Crippen LogP contribution in [0.25, 0.3) is 11.0 Å². The van der Waals surface area contributed by atoms with E-state index in [2.05, 4.69) is 31.8 Å². The quantitative estimate of drug-likeness (QED) is 0.321. The van der Waals surface area contributed by atoms with Crippen LogP contribution in [0.3, 0.4) is 0 Å². The Labute approximate surface area is 209 Å². The molecule has 11 heteroatoms. The normalized spacial score (nSPS) is 14.3. The van der Waals surface area contributed by atoms with Gasteiger partial charge in [0.2, 0.25) is 11.0 Å². The van der Waals surface area contributed by atoms with Crippen molar-refractivity contribution >= 4 is 51.4 Å². The lowest BCUT2D eigenvalue weighted by Crippen LogP contribution is -2.36. The van der Waals surface area contributed by atoms with Crippen molar-refractivity contribution in [1.82, 2.24) is 24.8 Å². The molecule has 180 valence electrons. The van der Waals surface area contributed by atoms with Gasteiger partial charge in [-0.05, 0) is 48.6 Å². The van der Waals surface area contributed by atoms with E-state index >= 15 is 0 Å². The Bertz CT molecular complexity index is 1380. The number of nitrogens with one attached hydrogen (secondary N) is 2. The topological polar surface area (TPSA) is 96.0 Å². The number of thiazole rings is 1. The molecule has 0 aliphatic carbocycles. The number of H-pyrrole nitrogens is 1. The number of ether oxygens (including phenoxy) is 1. The third kappa shape index (κ3) is 4.85. The molecule has 0 atom stereocenters. The Hall–Kier alpha value is -3.50. The van der Waals surface area contributed by atoms with Gasteiger partial charge in [0, 0.05) is 25.0 Å². The molecular formula is C24H22ClFN6O2S. The fourth-order valence-electron chi connectivity index (χ4n) is 4.27. The monoisotopic (exact) mass is 512 g/mol. The smallest absolute Gasteiger partial charge is 0.245 e. The van der Waals surface area contributed by atoms with Crippen LogP contribution in [0.4, 0.5) is 15.9 Å². The van der Waals surface area contributed by atoms with Gasteiger partial charge in [0.15, 0.2) is 0 Å². The van der Waals surface area contributed by atoms with Crippen molar-refractivity contribution in [3.63, 3.8) is 0 Å². The summed E-state index contributed by atoms with van der Waals surface area (Å²) >= 11 is 7.35. The van der Waals surface area contributed by atoms with E-state index in [1.54, 1.807) is 12.1 Å². The number of halogens is 2. The number of aromatic amines is 1. The number of nitrogens with zero attached hydrogens (tertiary/aromatic N) is 4. The molecule has 1 saturated heterocycles. The number of benzene rings is 1. The molecule has 1 aliphatic rings. The lowest BCUT2D eigenvalue weighted by molar-refractivity contribution is -0.127. The first kappa shape index (κ1) is 23.3. The van der Waals surface area contributed by atoms with Crippen LogP contribution in [-0.2, 0) is 11.4 Å². The second-order valence-corrected chi connectivity index (χ2v) is 9.34. The summed E-state index contributed by atoms with van der Waals surface area (Å²) in [6.45, 7) is 4.94. The van der Waals surface area contributed by atoms with Crippen LogP contribution in [0.1, 0.15) is 30.0 Å². The lowest BCUT2D eigenvalue weighted by atomic mass is 9.89. The van der Waals surface area contributed by atoms with Gasteiger partial charge in [-0.2, -0.15) is 4.39 Å². The van der Waals surface area contributed by atoms with Gasteiger partial charge in [0.25, 0.3) is 0 Å². The fourth-order valence-corrected chi connectivity index (χ4v) is 5.03. The Kier molecular flexibility index (Phi) is 6.65. The van der Waals surface area contributed by atoms with Gasteiger partial charge in [-0.15, -0.1) is 0 Å². The number of hydrogen-bond acceptors (Lipinski definition) is 7. The summed E-state index contributed by atoms with van der Waals surface area (Å²) in [7, 11) is 0. The molecule has 0 saturated carbocycles. The Morgan fingerprint density at radius 1 is 1.34 bits per heavy atom. The van der Waals surface area contributed by atoms with Gasteiger partial charge in [0.05, 0.1) is 15.9 Å². The maximum absolute atomic E-state index is 13.6. The molecule has 1 fully saturated rings. The minimum atomic E-state index is -0.368. The van der Waals surface area contributed by atoms with Crippen molar-refractivity contribution in [3.8, 4) is 5.75 Å². The molecule has 4 heterocycles. The first-order valence-corrected chi connectivity index (χ1v) is 12.3. The molecule has 0 bridgehead atoms. The van der Waals surface area contributed by atoms with E-state index in [4.69, 9.17) is 16.3 Å². The molecule has 0 unspecified atom stereocenters. The summed E-state index contributed by atoms with van der Waals surface area (Å²) in [5.41, 5.74) is 4.26. The number of aromatic nitrogens is 4. The van der Waals surface area contributed by atoms with Crippen molar-refractivity contribution in [2.24, 2.45) is 0 Å². The first-order valence-electron chi connectivity index (χ1n) is 11.0. The number of anilines is 2. The molecule has 2 N–H and O–H groups in total. The van der Waals surface area contributed by atoms with E-state index in [9.17, 15) is 9.18 Å². The van der Waals surface area contributed by atoms with Crippen LogP contribution < -0.4 is 10.1 Å². The predicted molar refractivity (Wildman–Crippen MR) is 134 cm³/mol. The zero-order valence-corrected chi connectivity index (χ0v) is 20.2. The van der Waals surface area contributed by atoms with Gasteiger partial charge < -0.3 is 19.9 Å². The lowest BCUT2D eigenvalue weighted by Gasteiger charge is -2.31. The molecule has 1 aliphatic heterocycles. The van der Waals surface area contributed by atoms with Crippen molar-refractivity contribution in [2.45, 2.75) is 25.4 Å². The van der Waals surface area contributed by atoms with E-state index < -0.39 is 0 Å². The van der Waals surface area contributed by atoms with Crippen LogP contribution in [0.5, 0.6) is 5.75 Å². The molecule has 3 aromatic heterocycles. The molecule has 35 heavy (non-hydrogen) atoms. The van der Waals surface area contributed by atoms with Crippen molar-refractivity contribution in [1.29, 1.82) is 0 Å². The zero-order chi connectivity index (χ0) is 24.4. The van der Waals surface area contributed by atoms with E-state index in [0.29, 0.717) is 29.7 Å². The average molecular weight is 513 g/mol. The molecule has 1 aromatic carbocycles. The molecule has 8 nitrogen and oxygen atoms in total. The standard InChI is InChI=1S/C24H22ClFN6O2S/c1-2-20(33)32-7-5-14(6-8-32)16-10-27-23-21(16)24(29-12-28-23)31-15-3-4-19(17(25)9-15)34-11-18-22(26)35-13-30-18/h2-4,9-10,12-14H,1,5-8,11H2,(H2,27,28,29,31). The summed E-state index contributed by atoms with van der Waals surface area (Å²) < 4.78 is 19.2. The molecule has 1 amide bonds. The number of hydrogen-bond donors (Lipinski definition) is 2. The highest BCUT2D eigenvalue weighted by Gasteiger charge is 2.26. The van der Waals surface area contributed by atoms with Crippen molar-refractivity contribution in [3.05, 3.63) is 70.3 Å². The molecule has 5 rings (SSSR count). The van der Waals surface area contributed by atoms with Crippen LogP contribution in [0.15, 0.2) is 48.9 Å². The van der Waals surface area contributed by atoms with E-state index in [1.807, 2.05) is 17.2 Å². The van der Waals surface area contributed by atoms with Crippen LogP contribution in [0, 0.1) is 5.13 Å². The van der Waals surface area contributed by atoms with Crippen LogP contribution in [-0.4, -0.2) is 43.8 Å². The Balaban J connectivity index is 1.34. The molecule has 4 aromatic rings. The Morgan fingerprint density at radius 2 is 2.17 bits per heavy atom. The highest BCUT2D eigenvalue weighted by molar-refractivity contribution is 7.08. The molecule has 0 spiro atoms. The second kappa shape index (κ2) is 10.0. The number of amides is 1.